The van der Waals surface area contributed by atoms with Crippen molar-refractivity contribution in [1.82, 2.24) is 15.5 Å². The van der Waals surface area contributed by atoms with Gasteiger partial charge in [-0.1, -0.05) is 13.2 Å². The largest absolute Gasteiger partial charge is 0.315 e. The van der Waals surface area contributed by atoms with Crippen molar-refractivity contribution in [3.05, 3.63) is 25.3 Å². The molecule has 108 valence electrons. The number of hydrogen-bond donors (Lipinski definition) is 2. The predicted molar refractivity (Wildman–Crippen MR) is 81.0 cm³/mol. The van der Waals surface area contributed by atoms with Crippen LogP contribution in [-0.2, 0) is 0 Å². The molecule has 0 amide bonds. The van der Waals surface area contributed by atoms with Crippen molar-refractivity contribution in [2.75, 3.05) is 58.9 Å². The Morgan fingerprint density at radius 1 is 1.11 bits per heavy atom. The highest BCUT2D eigenvalue weighted by Gasteiger charge is 2.35. The normalized spacial score (nSPS) is 28.5. The molecular formula is C15H29N4+. The van der Waals surface area contributed by atoms with E-state index in [4.69, 9.17) is 0 Å². The van der Waals surface area contributed by atoms with E-state index in [2.05, 4.69) is 40.8 Å². The summed E-state index contributed by atoms with van der Waals surface area (Å²) < 4.78 is 1.11. The zero-order valence-electron chi connectivity index (χ0n) is 12.1. The topological polar surface area (TPSA) is 27.3 Å². The Hall–Kier alpha value is -0.680. The van der Waals surface area contributed by atoms with E-state index < -0.39 is 0 Å². The number of quaternary nitrogens is 1. The molecule has 2 rings (SSSR count). The van der Waals surface area contributed by atoms with Crippen LogP contribution in [0.5, 0.6) is 0 Å². The molecule has 0 aliphatic carbocycles. The number of nitrogens with one attached hydrogen (secondary N) is 2. The first kappa shape index (κ1) is 14.7. The SMILES string of the molecule is C=CC[N+]1(CC=C)CCNC(N2CCCNCC2)C1. The van der Waals surface area contributed by atoms with Gasteiger partial charge in [0.05, 0.1) is 19.6 Å². The van der Waals surface area contributed by atoms with Gasteiger partial charge in [0.25, 0.3) is 0 Å². The molecule has 0 spiro atoms. The summed E-state index contributed by atoms with van der Waals surface area (Å²) in [5, 5.41) is 7.18. The molecule has 2 fully saturated rings. The molecule has 1 atom stereocenters. The summed E-state index contributed by atoms with van der Waals surface area (Å²) in [6, 6.07) is 0. The van der Waals surface area contributed by atoms with Crippen molar-refractivity contribution < 1.29 is 4.48 Å². The minimum Gasteiger partial charge on any atom is -0.315 e. The van der Waals surface area contributed by atoms with Crippen molar-refractivity contribution in [2.45, 2.75) is 12.6 Å². The van der Waals surface area contributed by atoms with Crippen LogP contribution in [0, 0.1) is 0 Å². The number of piperazine rings is 1. The minimum atomic E-state index is 0.508. The first-order valence-corrected chi connectivity index (χ1v) is 7.55. The lowest BCUT2D eigenvalue weighted by atomic mass is 10.2. The van der Waals surface area contributed by atoms with Crippen LogP contribution in [0.4, 0.5) is 0 Å². The van der Waals surface area contributed by atoms with Gasteiger partial charge in [-0.2, -0.15) is 0 Å². The van der Waals surface area contributed by atoms with E-state index in [0.717, 1.165) is 50.3 Å². The highest BCUT2D eigenvalue weighted by molar-refractivity contribution is 4.81. The second-order valence-electron chi connectivity index (χ2n) is 5.80. The molecule has 2 aliphatic rings. The summed E-state index contributed by atoms with van der Waals surface area (Å²) in [6.45, 7) is 18.0. The van der Waals surface area contributed by atoms with Crippen LogP contribution in [0.2, 0.25) is 0 Å². The highest BCUT2D eigenvalue weighted by atomic mass is 15.4. The molecule has 2 aliphatic heterocycles. The summed E-state index contributed by atoms with van der Waals surface area (Å²) in [4.78, 5) is 2.61. The standard InChI is InChI=1S/C15H29N4/c1-3-11-19(12-4-2)13-8-17-15(14-19)18-9-5-6-16-7-10-18/h3-4,15-17H,1-2,5-14H2/q+1. The molecule has 4 nitrogen and oxygen atoms in total. The van der Waals surface area contributed by atoms with Crippen LogP contribution in [0.25, 0.3) is 0 Å². The van der Waals surface area contributed by atoms with Gasteiger partial charge in [0.15, 0.2) is 0 Å². The van der Waals surface area contributed by atoms with Gasteiger partial charge in [-0.05, 0) is 25.1 Å². The molecule has 2 saturated heterocycles. The van der Waals surface area contributed by atoms with Gasteiger partial charge in [0.2, 0.25) is 0 Å². The van der Waals surface area contributed by atoms with Gasteiger partial charge >= 0.3 is 0 Å². The molecule has 19 heavy (non-hydrogen) atoms. The summed E-state index contributed by atoms with van der Waals surface area (Å²) >= 11 is 0. The molecule has 0 aromatic carbocycles. The third-order valence-electron chi connectivity index (χ3n) is 4.37. The number of nitrogens with zero attached hydrogens (tertiary/aromatic N) is 2. The maximum Gasteiger partial charge on any atom is 0.111 e. The molecule has 4 heteroatoms. The van der Waals surface area contributed by atoms with Crippen molar-refractivity contribution in [2.24, 2.45) is 0 Å². The van der Waals surface area contributed by atoms with Gasteiger partial charge in [-0.25, -0.2) is 0 Å². The summed E-state index contributed by atoms with van der Waals surface area (Å²) in [5.74, 6) is 0. The molecular weight excluding hydrogens is 236 g/mol. The lowest BCUT2D eigenvalue weighted by Crippen LogP contribution is -2.67. The molecule has 0 radical (unpaired) electrons. The Labute approximate surface area is 117 Å². The van der Waals surface area contributed by atoms with Gasteiger partial charge in [0.1, 0.15) is 12.7 Å². The molecule has 2 heterocycles. The van der Waals surface area contributed by atoms with E-state index >= 15 is 0 Å². The summed E-state index contributed by atoms with van der Waals surface area (Å²) in [7, 11) is 0. The molecule has 0 aromatic heterocycles. The van der Waals surface area contributed by atoms with Crippen LogP contribution in [0.3, 0.4) is 0 Å². The fraction of sp³-hybridized carbons (Fsp3) is 0.733. The monoisotopic (exact) mass is 265 g/mol. The maximum absolute atomic E-state index is 3.94. The number of hydrogen-bond acceptors (Lipinski definition) is 3. The van der Waals surface area contributed by atoms with Crippen LogP contribution in [0.1, 0.15) is 6.42 Å². The average molecular weight is 265 g/mol. The quantitative estimate of drug-likeness (QED) is 0.557. The zero-order chi connectivity index (χ0) is 13.6. The molecule has 2 N–H and O–H groups in total. The Bertz CT molecular complexity index is 285. The van der Waals surface area contributed by atoms with E-state index in [1.165, 1.54) is 19.5 Å². The fourth-order valence-electron chi connectivity index (χ4n) is 3.37. The molecule has 0 saturated carbocycles. The van der Waals surface area contributed by atoms with E-state index in [9.17, 15) is 0 Å². The van der Waals surface area contributed by atoms with E-state index in [0.29, 0.717) is 6.17 Å². The van der Waals surface area contributed by atoms with Gasteiger partial charge in [-0.15, -0.1) is 0 Å². The summed E-state index contributed by atoms with van der Waals surface area (Å²) in [5.41, 5.74) is 0. The highest BCUT2D eigenvalue weighted by Crippen LogP contribution is 2.15. The van der Waals surface area contributed by atoms with Crippen molar-refractivity contribution >= 4 is 0 Å². The molecule has 1 unspecified atom stereocenters. The van der Waals surface area contributed by atoms with Crippen LogP contribution < -0.4 is 10.6 Å². The van der Waals surface area contributed by atoms with Crippen LogP contribution in [-0.4, -0.2) is 74.5 Å². The Morgan fingerprint density at radius 3 is 2.63 bits per heavy atom. The first-order valence-electron chi connectivity index (χ1n) is 7.55. The Kier molecular flexibility index (Phi) is 5.58. The maximum atomic E-state index is 3.94. The van der Waals surface area contributed by atoms with Gasteiger partial charge in [0, 0.05) is 26.2 Å². The van der Waals surface area contributed by atoms with Gasteiger partial charge < -0.3 is 9.80 Å². The van der Waals surface area contributed by atoms with Crippen molar-refractivity contribution in [3.8, 4) is 0 Å². The van der Waals surface area contributed by atoms with Crippen molar-refractivity contribution in [3.63, 3.8) is 0 Å². The third-order valence-corrected chi connectivity index (χ3v) is 4.37. The smallest absolute Gasteiger partial charge is 0.111 e. The lowest BCUT2D eigenvalue weighted by Gasteiger charge is -2.46. The van der Waals surface area contributed by atoms with Gasteiger partial charge in [-0.3, -0.25) is 10.2 Å². The Balaban J connectivity index is 2.00. The molecule has 0 aromatic rings. The van der Waals surface area contributed by atoms with Crippen LogP contribution in [0.15, 0.2) is 25.3 Å². The molecule has 0 bridgehead atoms. The summed E-state index contributed by atoms with van der Waals surface area (Å²) in [6.07, 6.45) is 5.89. The second-order valence-corrected chi connectivity index (χ2v) is 5.80. The second kappa shape index (κ2) is 7.20. The fourth-order valence-corrected chi connectivity index (χ4v) is 3.37. The average Bonchev–Trinajstić information content (AvgIpc) is 2.68. The predicted octanol–water partition coefficient (Wildman–Crippen LogP) is 0.400. The lowest BCUT2D eigenvalue weighted by molar-refractivity contribution is -0.922. The van der Waals surface area contributed by atoms with Crippen molar-refractivity contribution in [1.29, 1.82) is 0 Å². The van der Waals surface area contributed by atoms with E-state index in [1.54, 1.807) is 0 Å². The zero-order valence-corrected chi connectivity index (χ0v) is 12.1. The first-order chi connectivity index (χ1) is 9.29. The van der Waals surface area contributed by atoms with Crippen LogP contribution >= 0.6 is 0 Å². The number of rotatable bonds is 5. The minimum absolute atomic E-state index is 0.508. The van der Waals surface area contributed by atoms with E-state index in [1.807, 2.05) is 0 Å². The third kappa shape index (κ3) is 3.89. The van der Waals surface area contributed by atoms with E-state index in [-0.39, 0.29) is 0 Å². The Morgan fingerprint density at radius 2 is 1.89 bits per heavy atom.